The fraction of sp³-hybridized carbons (Fsp3) is 0.250. The molecule has 174 valence electrons. The summed E-state index contributed by atoms with van der Waals surface area (Å²) < 4.78 is 3.42. The van der Waals surface area contributed by atoms with Gasteiger partial charge in [-0.2, -0.15) is 5.10 Å². The number of likely N-dealkylation sites (N-methyl/N-ethyl adjacent to an activating group) is 1. The first-order valence-electron chi connectivity index (χ1n) is 11.0. The highest BCUT2D eigenvalue weighted by molar-refractivity contribution is 6.30. The minimum absolute atomic E-state index is 0.0681. The first-order valence-corrected chi connectivity index (χ1v) is 11.3. The second-order valence-electron chi connectivity index (χ2n) is 8.32. The number of nitrogens with one attached hydrogen (secondary N) is 2. The number of fused-ring (bicyclic) bond motifs is 1. The molecule has 4 heterocycles. The highest BCUT2D eigenvalue weighted by Crippen LogP contribution is 2.33. The van der Waals surface area contributed by atoms with Gasteiger partial charge in [-0.25, -0.2) is 14.8 Å². The highest BCUT2D eigenvalue weighted by atomic mass is 35.5. The van der Waals surface area contributed by atoms with Crippen molar-refractivity contribution in [2.45, 2.75) is 19.5 Å². The molecule has 1 amide bonds. The van der Waals surface area contributed by atoms with Gasteiger partial charge >= 0.3 is 6.03 Å². The molecule has 0 radical (unpaired) electrons. The van der Waals surface area contributed by atoms with Crippen molar-refractivity contribution in [2.24, 2.45) is 7.05 Å². The maximum absolute atomic E-state index is 13.4. The third-order valence-electron chi connectivity index (χ3n) is 6.00. The zero-order valence-corrected chi connectivity index (χ0v) is 19.9. The predicted octanol–water partition coefficient (Wildman–Crippen LogP) is 4.13. The van der Waals surface area contributed by atoms with Crippen LogP contribution in [0.5, 0.6) is 0 Å². The van der Waals surface area contributed by atoms with Crippen LogP contribution in [0, 0.1) is 6.92 Å². The Hall–Kier alpha value is -3.69. The predicted molar refractivity (Wildman–Crippen MR) is 131 cm³/mol. The number of halogens is 1. The van der Waals surface area contributed by atoms with E-state index in [-0.39, 0.29) is 12.1 Å². The maximum Gasteiger partial charge on any atom is 0.329 e. The topological polar surface area (TPSA) is 92.9 Å². The summed E-state index contributed by atoms with van der Waals surface area (Å²) in [6.07, 6.45) is 5.34. The van der Waals surface area contributed by atoms with Crippen LogP contribution in [0.25, 0.3) is 11.3 Å². The lowest BCUT2D eigenvalue weighted by atomic mass is 10.1. The van der Waals surface area contributed by atoms with Crippen LogP contribution in [0.1, 0.15) is 22.9 Å². The number of rotatable bonds is 7. The Labute approximate surface area is 202 Å². The lowest BCUT2D eigenvalue weighted by molar-refractivity contribution is 0.186. The van der Waals surface area contributed by atoms with Crippen LogP contribution >= 0.6 is 11.6 Å². The van der Waals surface area contributed by atoms with Crippen molar-refractivity contribution in [1.29, 1.82) is 0 Å². The summed E-state index contributed by atoms with van der Waals surface area (Å²) in [5.74, 6) is 1.26. The van der Waals surface area contributed by atoms with Crippen molar-refractivity contribution >= 4 is 29.4 Å². The van der Waals surface area contributed by atoms with E-state index in [1.807, 2.05) is 68.5 Å². The van der Waals surface area contributed by atoms with E-state index in [4.69, 9.17) is 16.6 Å². The maximum atomic E-state index is 13.4. The second-order valence-corrected chi connectivity index (χ2v) is 8.76. The first kappa shape index (κ1) is 22.1. The number of aromatic nitrogens is 5. The number of hydrogen-bond acceptors (Lipinski definition) is 6. The molecule has 9 nitrogen and oxygen atoms in total. The van der Waals surface area contributed by atoms with E-state index in [2.05, 4.69) is 20.7 Å². The molecule has 2 N–H and O–H groups in total. The zero-order chi connectivity index (χ0) is 23.8. The van der Waals surface area contributed by atoms with E-state index in [1.54, 1.807) is 21.6 Å². The van der Waals surface area contributed by atoms with Crippen molar-refractivity contribution in [2.75, 3.05) is 18.9 Å². The molecule has 0 aliphatic carbocycles. The van der Waals surface area contributed by atoms with Gasteiger partial charge in [0.15, 0.2) is 0 Å². The van der Waals surface area contributed by atoms with Gasteiger partial charge in [0.25, 0.3) is 0 Å². The number of nitrogens with zero attached hydrogens (tertiary/aromatic N) is 6. The van der Waals surface area contributed by atoms with Crippen molar-refractivity contribution < 1.29 is 4.79 Å². The van der Waals surface area contributed by atoms with E-state index in [9.17, 15) is 4.79 Å². The largest absolute Gasteiger partial charge is 0.329 e. The summed E-state index contributed by atoms with van der Waals surface area (Å²) in [7, 11) is 3.73. The Balaban J connectivity index is 1.42. The number of benzene rings is 1. The van der Waals surface area contributed by atoms with Crippen molar-refractivity contribution in [3.63, 3.8) is 0 Å². The minimum atomic E-state index is -0.130. The molecule has 5 rings (SSSR count). The smallest absolute Gasteiger partial charge is 0.317 e. The molecule has 1 aromatic carbocycles. The van der Waals surface area contributed by atoms with Crippen molar-refractivity contribution in [1.82, 2.24) is 34.5 Å². The average Bonchev–Trinajstić information content (AvgIpc) is 3.50. The average molecular weight is 477 g/mol. The van der Waals surface area contributed by atoms with E-state index >= 15 is 0 Å². The monoisotopic (exact) mass is 476 g/mol. The molecule has 1 aliphatic heterocycles. The van der Waals surface area contributed by atoms with Crippen LogP contribution < -0.4 is 10.6 Å². The summed E-state index contributed by atoms with van der Waals surface area (Å²) in [5, 5.41) is 11.2. The van der Waals surface area contributed by atoms with Crippen LogP contribution in [-0.4, -0.2) is 48.8 Å². The normalized spacial score (nSPS) is 13.9. The molecule has 34 heavy (non-hydrogen) atoms. The van der Waals surface area contributed by atoms with Gasteiger partial charge < -0.3 is 15.5 Å². The molecule has 0 unspecified atom stereocenters. The molecular formula is C24H25ClN8O. The Morgan fingerprint density at radius 1 is 1.24 bits per heavy atom. The van der Waals surface area contributed by atoms with E-state index in [0.29, 0.717) is 24.1 Å². The summed E-state index contributed by atoms with van der Waals surface area (Å²) in [6.45, 7) is 3.09. The lowest BCUT2D eigenvalue weighted by Crippen LogP contribution is -2.36. The number of aryl methyl sites for hydroxylation is 2. The summed E-state index contributed by atoms with van der Waals surface area (Å²) in [4.78, 5) is 24.4. The Bertz CT molecular complexity index is 1360. The van der Waals surface area contributed by atoms with Crippen LogP contribution in [0.4, 0.5) is 16.6 Å². The molecule has 0 saturated carbocycles. The van der Waals surface area contributed by atoms with E-state index in [1.165, 1.54) is 0 Å². The first-order chi connectivity index (χ1) is 16.4. The quantitative estimate of drug-likeness (QED) is 0.416. The lowest BCUT2D eigenvalue weighted by Gasteiger charge is -2.27. The van der Waals surface area contributed by atoms with Crippen molar-refractivity contribution in [3.8, 4) is 11.3 Å². The number of carbonyl (C=O) groups is 1. The third kappa shape index (κ3) is 4.04. The van der Waals surface area contributed by atoms with Crippen LogP contribution in [0.15, 0.2) is 55.0 Å². The van der Waals surface area contributed by atoms with Crippen LogP contribution in [0.2, 0.25) is 5.02 Å². The van der Waals surface area contributed by atoms with Gasteiger partial charge in [-0.3, -0.25) is 9.25 Å². The molecule has 0 bridgehead atoms. The SMILES string of the molecule is CNC[C@H](c1cccc(Cl)c1)N1Cc2cc(-c3nc(Nc4ccnn4C)ncc3C)cn2C1=O. The highest BCUT2D eigenvalue weighted by Gasteiger charge is 2.34. The van der Waals surface area contributed by atoms with Gasteiger partial charge in [-0.1, -0.05) is 23.7 Å². The molecule has 1 aliphatic rings. The molecule has 0 fully saturated rings. The second kappa shape index (κ2) is 8.92. The Morgan fingerprint density at radius 3 is 2.79 bits per heavy atom. The van der Waals surface area contributed by atoms with Crippen LogP contribution in [-0.2, 0) is 13.6 Å². The summed E-state index contributed by atoms with van der Waals surface area (Å²) >= 11 is 6.22. The molecule has 0 spiro atoms. The van der Waals surface area contributed by atoms with Gasteiger partial charge in [0, 0.05) is 48.3 Å². The minimum Gasteiger partial charge on any atom is -0.317 e. The number of amides is 1. The summed E-state index contributed by atoms with van der Waals surface area (Å²) in [6, 6.07) is 11.3. The fourth-order valence-corrected chi connectivity index (χ4v) is 4.48. The summed E-state index contributed by atoms with van der Waals surface area (Å²) in [5.41, 5.74) is 4.50. The number of hydrogen-bond donors (Lipinski definition) is 2. The van der Waals surface area contributed by atoms with Gasteiger partial charge in [0.05, 0.1) is 24.5 Å². The third-order valence-corrected chi connectivity index (χ3v) is 6.23. The van der Waals surface area contributed by atoms with Gasteiger partial charge in [0.2, 0.25) is 5.95 Å². The molecule has 3 aromatic heterocycles. The number of carbonyl (C=O) groups excluding carboxylic acids is 1. The fourth-order valence-electron chi connectivity index (χ4n) is 4.28. The van der Waals surface area contributed by atoms with E-state index in [0.717, 1.165) is 33.9 Å². The molecule has 1 atom stereocenters. The standard InChI is InChI=1S/C24H25ClN8O/c1-15-11-27-23(29-21-7-8-28-31(21)3)30-22(15)17-10-19-14-33(24(34)32(19)13-17)20(12-26-2)16-5-4-6-18(25)9-16/h4-11,13,20,26H,12,14H2,1-3H3,(H,27,29,30)/t20-/m1/s1. The van der Waals surface area contributed by atoms with Gasteiger partial charge in [-0.15, -0.1) is 0 Å². The zero-order valence-electron chi connectivity index (χ0n) is 19.2. The van der Waals surface area contributed by atoms with Gasteiger partial charge in [0.1, 0.15) is 5.82 Å². The number of anilines is 2. The van der Waals surface area contributed by atoms with Crippen LogP contribution in [0.3, 0.4) is 0 Å². The molecule has 0 saturated heterocycles. The molecule has 10 heteroatoms. The van der Waals surface area contributed by atoms with Crippen molar-refractivity contribution in [3.05, 3.63) is 76.8 Å². The Kier molecular flexibility index (Phi) is 5.80. The molecular weight excluding hydrogens is 452 g/mol. The van der Waals surface area contributed by atoms with Gasteiger partial charge in [-0.05, 0) is 43.3 Å². The molecule has 4 aromatic rings. The Morgan fingerprint density at radius 2 is 2.09 bits per heavy atom. The van der Waals surface area contributed by atoms with E-state index < -0.39 is 0 Å².